The molecule has 0 aromatic carbocycles. The van der Waals surface area contributed by atoms with Crippen LogP contribution in [0.15, 0.2) is 45.2 Å². The number of aromatic nitrogens is 1. The van der Waals surface area contributed by atoms with Crippen molar-refractivity contribution < 1.29 is 13.7 Å². The summed E-state index contributed by atoms with van der Waals surface area (Å²) in [6.45, 7) is 2.19. The third-order valence-corrected chi connectivity index (χ3v) is 3.86. The molecule has 0 aliphatic heterocycles. The first-order chi connectivity index (χ1) is 9.74. The molecule has 0 spiro atoms. The molecule has 1 N–H and O–H groups in total. The number of carbonyl (C=O) groups excluding carboxylic acids is 1. The molecule has 1 amide bonds. The Morgan fingerprint density at radius 3 is 3.05 bits per heavy atom. The van der Waals surface area contributed by atoms with E-state index in [2.05, 4.69) is 10.5 Å². The summed E-state index contributed by atoms with van der Waals surface area (Å²) in [5.74, 6) is 0.342. The lowest BCUT2D eigenvalue weighted by molar-refractivity contribution is 0.0950. The van der Waals surface area contributed by atoms with Gasteiger partial charge in [0.25, 0.3) is 5.91 Å². The molecule has 3 aromatic rings. The third-order valence-electron chi connectivity index (χ3n) is 2.93. The number of hydrogen-bond donors (Lipinski definition) is 1. The lowest BCUT2D eigenvalue weighted by Gasteiger charge is -2.01. The predicted octanol–water partition coefficient (Wildman–Crippen LogP) is 3.23. The fraction of sp³-hybridized carbons (Fsp3) is 0.143. The normalized spacial score (nSPS) is 10.7. The van der Waals surface area contributed by atoms with Crippen molar-refractivity contribution in [1.82, 2.24) is 10.5 Å². The van der Waals surface area contributed by atoms with Crippen LogP contribution in [0.25, 0.3) is 11.1 Å². The fourth-order valence-electron chi connectivity index (χ4n) is 1.83. The van der Waals surface area contributed by atoms with E-state index >= 15 is 0 Å². The van der Waals surface area contributed by atoms with Crippen LogP contribution in [0.4, 0.5) is 0 Å². The van der Waals surface area contributed by atoms with Gasteiger partial charge in [0.15, 0.2) is 0 Å². The first-order valence-corrected chi connectivity index (χ1v) is 6.91. The molecule has 0 unspecified atom stereocenters. The zero-order valence-electron chi connectivity index (χ0n) is 10.8. The van der Waals surface area contributed by atoms with Crippen LogP contribution in [-0.4, -0.2) is 11.1 Å². The molecule has 3 heterocycles. The molecule has 0 saturated carbocycles. The molecule has 0 radical (unpaired) electrons. The highest BCUT2D eigenvalue weighted by Crippen LogP contribution is 2.25. The molecule has 0 saturated heterocycles. The van der Waals surface area contributed by atoms with E-state index in [1.165, 1.54) is 6.20 Å². The molecule has 0 aliphatic carbocycles. The standard InChI is InChI=1S/C14H12N2O3S/c1-9-13(6-16-19-9)14(17)15-5-12-4-11(8-20-12)10-2-3-18-7-10/h2-4,6-8H,5H2,1H3,(H,15,17). The first kappa shape index (κ1) is 12.7. The Labute approximate surface area is 119 Å². The van der Waals surface area contributed by atoms with Gasteiger partial charge >= 0.3 is 0 Å². The van der Waals surface area contributed by atoms with E-state index < -0.39 is 0 Å². The van der Waals surface area contributed by atoms with Gasteiger partial charge in [-0.25, -0.2) is 0 Å². The molecule has 20 heavy (non-hydrogen) atoms. The van der Waals surface area contributed by atoms with Gasteiger partial charge in [0.1, 0.15) is 11.3 Å². The maximum absolute atomic E-state index is 11.9. The van der Waals surface area contributed by atoms with Gasteiger partial charge in [-0.2, -0.15) is 0 Å². The van der Waals surface area contributed by atoms with Gasteiger partial charge in [-0.15, -0.1) is 11.3 Å². The van der Waals surface area contributed by atoms with Crippen LogP contribution in [0, 0.1) is 6.92 Å². The number of hydrogen-bond acceptors (Lipinski definition) is 5. The SMILES string of the molecule is Cc1oncc1C(=O)NCc1cc(-c2ccoc2)cs1. The van der Waals surface area contributed by atoms with E-state index in [-0.39, 0.29) is 5.91 Å². The van der Waals surface area contributed by atoms with Gasteiger partial charge in [-0.05, 0) is 30.0 Å². The summed E-state index contributed by atoms with van der Waals surface area (Å²) in [7, 11) is 0. The van der Waals surface area contributed by atoms with Crippen molar-refractivity contribution in [3.05, 3.63) is 52.4 Å². The number of aryl methyl sites for hydroxylation is 1. The van der Waals surface area contributed by atoms with Gasteiger partial charge in [-0.1, -0.05) is 5.16 Å². The van der Waals surface area contributed by atoms with E-state index in [0.717, 1.165) is 16.0 Å². The van der Waals surface area contributed by atoms with Crippen molar-refractivity contribution >= 4 is 17.2 Å². The summed E-state index contributed by atoms with van der Waals surface area (Å²) in [6, 6.07) is 3.95. The number of nitrogens with zero attached hydrogens (tertiary/aromatic N) is 1. The molecule has 0 fully saturated rings. The molecular weight excluding hydrogens is 276 g/mol. The molecule has 0 bridgehead atoms. The summed E-state index contributed by atoms with van der Waals surface area (Å²) in [4.78, 5) is 13.0. The first-order valence-electron chi connectivity index (χ1n) is 6.03. The molecule has 6 heteroatoms. The van der Waals surface area contributed by atoms with Crippen LogP contribution in [0.1, 0.15) is 21.0 Å². The molecular formula is C14H12N2O3S. The van der Waals surface area contributed by atoms with Crippen LogP contribution in [0.2, 0.25) is 0 Å². The smallest absolute Gasteiger partial charge is 0.256 e. The minimum atomic E-state index is -0.179. The molecule has 0 atom stereocenters. The van der Waals surface area contributed by atoms with Crippen molar-refractivity contribution in [3.8, 4) is 11.1 Å². The molecule has 3 aromatic heterocycles. The van der Waals surface area contributed by atoms with Crippen LogP contribution in [0.3, 0.4) is 0 Å². The second-order valence-corrected chi connectivity index (χ2v) is 5.29. The average Bonchev–Trinajstić information content (AvgIpc) is 3.16. The number of amides is 1. The zero-order valence-corrected chi connectivity index (χ0v) is 11.6. The monoisotopic (exact) mass is 288 g/mol. The Morgan fingerprint density at radius 1 is 1.45 bits per heavy atom. The topological polar surface area (TPSA) is 68.3 Å². The van der Waals surface area contributed by atoms with Gasteiger partial charge in [0.05, 0.1) is 25.3 Å². The fourth-order valence-corrected chi connectivity index (χ4v) is 2.67. The molecule has 3 rings (SSSR count). The minimum Gasteiger partial charge on any atom is -0.472 e. The molecule has 0 aliphatic rings. The van der Waals surface area contributed by atoms with E-state index in [9.17, 15) is 4.79 Å². The second-order valence-electron chi connectivity index (χ2n) is 4.29. The largest absolute Gasteiger partial charge is 0.472 e. The number of nitrogens with one attached hydrogen (secondary N) is 1. The Kier molecular flexibility index (Phi) is 3.39. The van der Waals surface area contributed by atoms with Gasteiger partial charge in [0.2, 0.25) is 0 Å². The predicted molar refractivity (Wildman–Crippen MR) is 74.4 cm³/mol. The minimum absolute atomic E-state index is 0.179. The maximum atomic E-state index is 11.9. The van der Waals surface area contributed by atoms with Gasteiger partial charge < -0.3 is 14.3 Å². The Hall–Kier alpha value is -2.34. The summed E-state index contributed by atoms with van der Waals surface area (Å²) in [5, 5.41) is 8.48. The van der Waals surface area contributed by atoms with E-state index in [4.69, 9.17) is 8.94 Å². The molecule has 5 nitrogen and oxygen atoms in total. The van der Waals surface area contributed by atoms with Crippen molar-refractivity contribution in [2.75, 3.05) is 0 Å². The van der Waals surface area contributed by atoms with Crippen molar-refractivity contribution in [2.45, 2.75) is 13.5 Å². The van der Waals surface area contributed by atoms with E-state index in [1.807, 2.05) is 17.5 Å². The van der Waals surface area contributed by atoms with Crippen LogP contribution >= 0.6 is 11.3 Å². The summed E-state index contributed by atoms with van der Waals surface area (Å²) >= 11 is 1.60. The van der Waals surface area contributed by atoms with Crippen LogP contribution in [-0.2, 0) is 6.54 Å². The average molecular weight is 288 g/mol. The zero-order chi connectivity index (χ0) is 13.9. The second kappa shape index (κ2) is 5.34. The lowest BCUT2D eigenvalue weighted by Crippen LogP contribution is -2.22. The van der Waals surface area contributed by atoms with Crippen molar-refractivity contribution in [2.24, 2.45) is 0 Å². The summed E-state index contributed by atoms with van der Waals surface area (Å²) in [5.41, 5.74) is 2.60. The lowest BCUT2D eigenvalue weighted by atomic mass is 10.2. The maximum Gasteiger partial charge on any atom is 0.256 e. The highest BCUT2D eigenvalue weighted by atomic mass is 32.1. The number of rotatable bonds is 4. The number of carbonyl (C=O) groups is 1. The van der Waals surface area contributed by atoms with Gasteiger partial charge in [0, 0.05) is 10.4 Å². The number of furan rings is 1. The van der Waals surface area contributed by atoms with E-state index in [1.54, 1.807) is 30.8 Å². The number of thiophene rings is 1. The highest BCUT2D eigenvalue weighted by molar-refractivity contribution is 7.10. The Bertz CT molecular complexity index is 712. The Morgan fingerprint density at radius 2 is 2.35 bits per heavy atom. The third kappa shape index (κ3) is 2.50. The summed E-state index contributed by atoms with van der Waals surface area (Å²) < 4.78 is 9.93. The quantitative estimate of drug-likeness (QED) is 0.800. The van der Waals surface area contributed by atoms with Crippen LogP contribution < -0.4 is 5.32 Å². The van der Waals surface area contributed by atoms with Crippen molar-refractivity contribution in [1.29, 1.82) is 0 Å². The van der Waals surface area contributed by atoms with Gasteiger partial charge in [-0.3, -0.25) is 4.79 Å². The van der Waals surface area contributed by atoms with Crippen molar-refractivity contribution in [3.63, 3.8) is 0 Å². The Balaban J connectivity index is 1.65. The van der Waals surface area contributed by atoms with E-state index in [0.29, 0.717) is 17.9 Å². The molecule has 102 valence electrons. The highest BCUT2D eigenvalue weighted by Gasteiger charge is 2.12. The summed E-state index contributed by atoms with van der Waals surface area (Å²) in [6.07, 6.45) is 4.77. The van der Waals surface area contributed by atoms with Crippen LogP contribution in [0.5, 0.6) is 0 Å².